The molecular weight excluding hydrogens is 721 g/mol. The Hall–Kier alpha value is -7.20. The Bertz CT molecular complexity index is 3260. The number of thiophene rings is 1. The molecule has 0 fully saturated rings. The van der Waals surface area contributed by atoms with Gasteiger partial charge in [0.2, 0.25) is 0 Å². The molecule has 0 spiro atoms. The van der Waals surface area contributed by atoms with E-state index in [1.165, 1.54) is 75.4 Å². The van der Waals surface area contributed by atoms with Crippen molar-refractivity contribution in [3.63, 3.8) is 0 Å². The zero-order valence-electron chi connectivity index (χ0n) is 31.6. The van der Waals surface area contributed by atoms with Crippen molar-refractivity contribution in [3.8, 4) is 16.8 Å². The number of nitrogens with zero attached hydrogens (tertiary/aromatic N) is 2. The summed E-state index contributed by atoms with van der Waals surface area (Å²) < 4.78 is 5.01. The van der Waals surface area contributed by atoms with Gasteiger partial charge in [0.1, 0.15) is 0 Å². The minimum Gasteiger partial charge on any atom is -0.310 e. The lowest BCUT2D eigenvalue weighted by Gasteiger charge is -2.34. The fourth-order valence-corrected chi connectivity index (χ4v) is 10.9. The van der Waals surface area contributed by atoms with Crippen LogP contribution in [0.5, 0.6) is 0 Å². The molecule has 2 aromatic heterocycles. The van der Waals surface area contributed by atoms with Gasteiger partial charge in [0.15, 0.2) is 0 Å². The second-order valence-electron chi connectivity index (χ2n) is 15.3. The van der Waals surface area contributed by atoms with E-state index < -0.39 is 5.41 Å². The van der Waals surface area contributed by atoms with E-state index in [2.05, 4.69) is 228 Å². The molecule has 0 N–H and O–H groups in total. The number of benzene rings is 9. The summed E-state index contributed by atoms with van der Waals surface area (Å²) in [6, 6.07) is 80.6. The third-order valence-electron chi connectivity index (χ3n) is 12.2. The van der Waals surface area contributed by atoms with Gasteiger partial charge in [0.25, 0.3) is 0 Å². The summed E-state index contributed by atoms with van der Waals surface area (Å²) in [6.45, 7) is 0. The lowest BCUT2D eigenvalue weighted by molar-refractivity contribution is 0.768. The minimum atomic E-state index is -0.456. The molecule has 0 atom stereocenters. The van der Waals surface area contributed by atoms with Crippen molar-refractivity contribution in [1.29, 1.82) is 0 Å². The molecule has 0 saturated heterocycles. The van der Waals surface area contributed by atoms with E-state index >= 15 is 0 Å². The van der Waals surface area contributed by atoms with E-state index in [9.17, 15) is 0 Å². The van der Waals surface area contributed by atoms with Crippen LogP contribution in [0, 0.1) is 0 Å². The Balaban J connectivity index is 1.11. The maximum atomic E-state index is 2.46. The molecule has 0 bridgehead atoms. The van der Waals surface area contributed by atoms with Crippen molar-refractivity contribution in [1.82, 2.24) is 4.57 Å². The van der Waals surface area contributed by atoms with E-state index in [-0.39, 0.29) is 0 Å². The molecule has 1 aliphatic rings. The van der Waals surface area contributed by atoms with Crippen molar-refractivity contribution in [2.45, 2.75) is 5.41 Å². The normalized spacial score (nSPS) is 13.0. The van der Waals surface area contributed by atoms with Crippen LogP contribution in [-0.4, -0.2) is 4.57 Å². The number of para-hydroxylation sites is 2. The first-order valence-electron chi connectivity index (χ1n) is 19.9. The summed E-state index contributed by atoms with van der Waals surface area (Å²) in [6.07, 6.45) is 0. The Labute approximate surface area is 341 Å². The van der Waals surface area contributed by atoms with E-state index in [1.807, 2.05) is 11.3 Å². The Morgan fingerprint density at radius 2 is 0.914 bits per heavy atom. The zero-order valence-corrected chi connectivity index (χ0v) is 32.4. The predicted octanol–water partition coefficient (Wildman–Crippen LogP) is 15.0. The molecule has 12 rings (SSSR count). The number of hydrogen-bond acceptors (Lipinski definition) is 2. The molecule has 0 unspecified atom stereocenters. The highest BCUT2D eigenvalue weighted by molar-refractivity contribution is 7.25. The summed E-state index contributed by atoms with van der Waals surface area (Å²) in [4.78, 5) is 2.46. The molecule has 0 amide bonds. The lowest BCUT2D eigenvalue weighted by atomic mass is 9.68. The van der Waals surface area contributed by atoms with Crippen LogP contribution in [0.1, 0.15) is 22.3 Å². The largest absolute Gasteiger partial charge is 0.310 e. The van der Waals surface area contributed by atoms with Gasteiger partial charge >= 0.3 is 0 Å². The van der Waals surface area contributed by atoms with Gasteiger partial charge in [-0.2, -0.15) is 0 Å². The molecule has 2 heterocycles. The van der Waals surface area contributed by atoms with Crippen LogP contribution in [0.25, 0.3) is 58.8 Å². The molecule has 3 heteroatoms. The Morgan fingerprint density at radius 1 is 0.362 bits per heavy atom. The van der Waals surface area contributed by atoms with Crippen LogP contribution < -0.4 is 4.90 Å². The standard InChI is InChI=1S/C55H36N2S/c1-3-16-37(17-4-1)55(38-18-5-2-6-19-38)49-26-11-7-22-43(49)47-35-41(30-32-50(47)55)56(42-31-33-54-48(36-42)46-25-10-14-29-53(46)58-54)39-20-15-21-40(34-39)57-51-27-12-8-23-44(51)45-24-9-13-28-52(45)57/h1-36H. The van der Waals surface area contributed by atoms with E-state index in [0.717, 1.165) is 22.7 Å². The average molecular weight is 757 g/mol. The van der Waals surface area contributed by atoms with Crippen molar-refractivity contribution in [2.75, 3.05) is 4.90 Å². The summed E-state index contributed by atoms with van der Waals surface area (Å²) in [7, 11) is 0. The van der Waals surface area contributed by atoms with E-state index in [1.54, 1.807) is 0 Å². The zero-order chi connectivity index (χ0) is 38.2. The number of fused-ring (bicyclic) bond motifs is 9. The van der Waals surface area contributed by atoms with Crippen LogP contribution in [0.2, 0.25) is 0 Å². The maximum Gasteiger partial charge on any atom is 0.0713 e. The van der Waals surface area contributed by atoms with Gasteiger partial charge in [-0.3, -0.25) is 0 Å². The molecule has 0 aliphatic heterocycles. The molecule has 272 valence electrons. The van der Waals surface area contributed by atoms with Gasteiger partial charge in [-0.15, -0.1) is 11.3 Å². The highest BCUT2D eigenvalue weighted by Gasteiger charge is 2.46. The van der Waals surface area contributed by atoms with Crippen LogP contribution >= 0.6 is 11.3 Å². The van der Waals surface area contributed by atoms with Crippen LogP contribution in [0.3, 0.4) is 0 Å². The quantitative estimate of drug-likeness (QED) is 0.164. The SMILES string of the molecule is c1ccc(C2(c3ccccc3)c3ccccc3-c3cc(N(c4cccc(-n5c6ccccc6c6ccccc65)c4)c4ccc5sc6ccccc6c5c4)ccc32)cc1. The molecule has 2 nitrogen and oxygen atoms in total. The predicted molar refractivity (Wildman–Crippen MR) is 246 cm³/mol. The van der Waals surface area contributed by atoms with Crippen molar-refractivity contribution >= 4 is 70.4 Å². The Kier molecular flexibility index (Phi) is 7.35. The summed E-state index contributed by atoms with van der Waals surface area (Å²) in [5.41, 5.74) is 14.1. The van der Waals surface area contributed by atoms with Crippen molar-refractivity contribution in [2.24, 2.45) is 0 Å². The molecule has 0 radical (unpaired) electrons. The fraction of sp³-hybridized carbons (Fsp3) is 0.0182. The summed E-state index contributed by atoms with van der Waals surface area (Å²) in [5, 5.41) is 5.09. The van der Waals surface area contributed by atoms with Crippen LogP contribution in [-0.2, 0) is 5.41 Å². The van der Waals surface area contributed by atoms with Gasteiger partial charge in [-0.05, 0) is 100 Å². The number of anilines is 3. The van der Waals surface area contributed by atoms with Crippen LogP contribution in [0.4, 0.5) is 17.1 Å². The summed E-state index contributed by atoms with van der Waals surface area (Å²) >= 11 is 1.86. The van der Waals surface area contributed by atoms with Gasteiger partial charge in [-0.1, -0.05) is 152 Å². The number of rotatable bonds is 6. The van der Waals surface area contributed by atoms with Gasteiger partial charge in [-0.25, -0.2) is 0 Å². The van der Waals surface area contributed by atoms with Gasteiger partial charge in [0.05, 0.1) is 16.4 Å². The third-order valence-corrected chi connectivity index (χ3v) is 13.4. The minimum absolute atomic E-state index is 0.456. The molecular formula is C55H36N2S. The van der Waals surface area contributed by atoms with Gasteiger partial charge < -0.3 is 9.47 Å². The maximum absolute atomic E-state index is 2.46. The first kappa shape index (κ1) is 33.0. The summed E-state index contributed by atoms with van der Waals surface area (Å²) in [5.74, 6) is 0. The first-order chi connectivity index (χ1) is 28.8. The molecule has 9 aromatic carbocycles. The smallest absolute Gasteiger partial charge is 0.0713 e. The second kappa shape index (κ2) is 12.9. The number of aromatic nitrogens is 1. The molecule has 0 saturated carbocycles. The van der Waals surface area contributed by atoms with E-state index in [4.69, 9.17) is 0 Å². The fourth-order valence-electron chi connectivity index (χ4n) is 9.85. The van der Waals surface area contributed by atoms with Crippen molar-refractivity contribution in [3.05, 3.63) is 241 Å². The van der Waals surface area contributed by atoms with Gasteiger partial charge in [0, 0.05) is 53.7 Å². The topological polar surface area (TPSA) is 8.17 Å². The van der Waals surface area contributed by atoms with Crippen LogP contribution in [0.15, 0.2) is 218 Å². The Morgan fingerprint density at radius 3 is 1.66 bits per heavy atom. The third kappa shape index (κ3) is 4.78. The monoisotopic (exact) mass is 756 g/mol. The van der Waals surface area contributed by atoms with E-state index in [0.29, 0.717) is 0 Å². The molecule has 1 aliphatic carbocycles. The number of hydrogen-bond donors (Lipinski definition) is 0. The van der Waals surface area contributed by atoms with Crippen molar-refractivity contribution < 1.29 is 0 Å². The highest BCUT2D eigenvalue weighted by atomic mass is 32.1. The molecule has 11 aromatic rings. The average Bonchev–Trinajstić information content (AvgIpc) is 3.93. The first-order valence-corrected chi connectivity index (χ1v) is 20.7. The second-order valence-corrected chi connectivity index (χ2v) is 16.3. The lowest BCUT2D eigenvalue weighted by Crippen LogP contribution is -2.28. The molecule has 58 heavy (non-hydrogen) atoms. The highest BCUT2D eigenvalue weighted by Crippen LogP contribution is 2.57.